The van der Waals surface area contributed by atoms with Crippen LogP contribution in [0.5, 0.6) is 0 Å². The van der Waals surface area contributed by atoms with Crippen LogP contribution in [-0.4, -0.2) is 46.3 Å². The summed E-state index contributed by atoms with van der Waals surface area (Å²) in [4.78, 5) is 33.9. The quantitative estimate of drug-likeness (QED) is 0.622. The lowest BCUT2D eigenvalue weighted by atomic mass is 9.97. The van der Waals surface area contributed by atoms with Crippen LogP contribution in [-0.2, 0) is 9.59 Å². The molecule has 2 aromatic carbocycles. The first-order valence-corrected chi connectivity index (χ1v) is 9.91. The smallest absolute Gasteiger partial charge is 0.238 e. The normalized spacial score (nSPS) is 17.2. The van der Waals surface area contributed by atoms with Gasteiger partial charge in [0, 0.05) is 30.8 Å². The Labute approximate surface area is 169 Å². The summed E-state index contributed by atoms with van der Waals surface area (Å²) in [5.41, 5.74) is 3.47. The molecule has 0 aliphatic carbocycles. The molecule has 7 nitrogen and oxygen atoms in total. The molecule has 29 heavy (non-hydrogen) atoms. The van der Waals surface area contributed by atoms with Crippen LogP contribution in [0.1, 0.15) is 31.5 Å². The second-order valence-electron chi connectivity index (χ2n) is 7.52. The van der Waals surface area contributed by atoms with E-state index in [1.807, 2.05) is 24.3 Å². The number of rotatable bonds is 5. The molecule has 1 aliphatic heterocycles. The van der Waals surface area contributed by atoms with E-state index < -0.39 is 0 Å². The zero-order valence-electron chi connectivity index (χ0n) is 16.4. The summed E-state index contributed by atoms with van der Waals surface area (Å²) in [7, 11) is 0. The van der Waals surface area contributed by atoms with Crippen molar-refractivity contribution >= 4 is 34.2 Å². The van der Waals surface area contributed by atoms with Crippen molar-refractivity contribution in [2.24, 2.45) is 0 Å². The van der Waals surface area contributed by atoms with Crippen LogP contribution in [0, 0.1) is 0 Å². The van der Waals surface area contributed by atoms with Gasteiger partial charge in [0.15, 0.2) is 0 Å². The summed E-state index contributed by atoms with van der Waals surface area (Å²) < 4.78 is 0. The van der Waals surface area contributed by atoms with Crippen molar-refractivity contribution in [1.82, 2.24) is 14.9 Å². The van der Waals surface area contributed by atoms with Crippen molar-refractivity contribution < 1.29 is 9.59 Å². The van der Waals surface area contributed by atoms with Crippen LogP contribution in [0.2, 0.25) is 0 Å². The molecule has 1 fully saturated rings. The number of hydrogen-bond donors (Lipinski definition) is 3. The van der Waals surface area contributed by atoms with Gasteiger partial charge in [-0.15, -0.1) is 0 Å². The van der Waals surface area contributed by atoms with Crippen molar-refractivity contribution in [2.45, 2.75) is 25.7 Å². The Morgan fingerprint density at radius 1 is 1.10 bits per heavy atom. The SMILES string of the molecule is CC(=O)Nc1ccc(NC(=O)CN2CCCC(c3nc4ccccc4[nH]3)C2)cc1. The van der Waals surface area contributed by atoms with Crippen LogP contribution < -0.4 is 10.6 Å². The lowest BCUT2D eigenvalue weighted by Gasteiger charge is -2.31. The van der Waals surface area contributed by atoms with Crippen LogP contribution in [0.15, 0.2) is 48.5 Å². The molecule has 1 saturated heterocycles. The first-order chi connectivity index (χ1) is 14.1. The Hall–Kier alpha value is -3.19. The summed E-state index contributed by atoms with van der Waals surface area (Å²) in [5.74, 6) is 1.15. The third-order valence-electron chi connectivity index (χ3n) is 5.16. The van der Waals surface area contributed by atoms with Crippen molar-refractivity contribution in [3.05, 3.63) is 54.4 Å². The molecule has 3 N–H and O–H groups in total. The number of aromatic nitrogens is 2. The number of likely N-dealkylation sites (tertiary alicyclic amines) is 1. The number of para-hydroxylation sites is 2. The Morgan fingerprint density at radius 3 is 2.55 bits per heavy atom. The lowest BCUT2D eigenvalue weighted by molar-refractivity contribution is -0.117. The van der Waals surface area contributed by atoms with Crippen molar-refractivity contribution in [2.75, 3.05) is 30.3 Å². The number of carbonyl (C=O) groups is 2. The number of nitrogens with one attached hydrogen (secondary N) is 3. The molecule has 150 valence electrons. The average Bonchev–Trinajstić information content (AvgIpc) is 3.14. The van der Waals surface area contributed by atoms with E-state index in [0.717, 1.165) is 48.5 Å². The molecular formula is C22H25N5O2. The highest BCUT2D eigenvalue weighted by Crippen LogP contribution is 2.26. The summed E-state index contributed by atoms with van der Waals surface area (Å²) in [5, 5.41) is 5.64. The number of anilines is 2. The largest absolute Gasteiger partial charge is 0.342 e. The standard InChI is InChI=1S/C22H25N5O2/c1-15(28)23-17-8-10-18(11-9-17)24-21(29)14-27-12-4-5-16(13-27)22-25-19-6-2-3-7-20(19)26-22/h2-3,6-11,16H,4-5,12-14H2,1H3,(H,23,28)(H,24,29)(H,25,26). The number of H-pyrrole nitrogens is 1. The van der Waals surface area contributed by atoms with Crippen LogP contribution in [0.25, 0.3) is 11.0 Å². The van der Waals surface area contributed by atoms with Gasteiger partial charge in [-0.3, -0.25) is 14.5 Å². The molecule has 0 spiro atoms. The van der Waals surface area contributed by atoms with Gasteiger partial charge in [-0.1, -0.05) is 12.1 Å². The monoisotopic (exact) mass is 391 g/mol. The van der Waals surface area contributed by atoms with Gasteiger partial charge < -0.3 is 15.6 Å². The van der Waals surface area contributed by atoms with Gasteiger partial charge in [-0.2, -0.15) is 0 Å². The van der Waals surface area contributed by atoms with E-state index in [1.165, 1.54) is 6.92 Å². The lowest BCUT2D eigenvalue weighted by Crippen LogP contribution is -2.40. The minimum Gasteiger partial charge on any atom is -0.342 e. The molecule has 1 aliphatic rings. The Morgan fingerprint density at radius 2 is 1.83 bits per heavy atom. The first kappa shape index (κ1) is 19.1. The zero-order valence-corrected chi connectivity index (χ0v) is 16.4. The second-order valence-corrected chi connectivity index (χ2v) is 7.52. The van der Waals surface area contributed by atoms with Crippen LogP contribution in [0.4, 0.5) is 11.4 Å². The summed E-state index contributed by atoms with van der Waals surface area (Å²) in [6, 6.07) is 15.2. The van der Waals surface area contributed by atoms with E-state index in [0.29, 0.717) is 18.2 Å². The number of fused-ring (bicyclic) bond motifs is 1. The van der Waals surface area contributed by atoms with Gasteiger partial charge >= 0.3 is 0 Å². The van der Waals surface area contributed by atoms with E-state index in [1.54, 1.807) is 24.3 Å². The molecule has 1 aromatic heterocycles. The van der Waals surface area contributed by atoms with Gasteiger partial charge in [-0.05, 0) is 55.8 Å². The summed E-state index contributed by atoms with van der Waals surface area (Å²) in [6.45, 7) is 3.54. The van der Waals surface area contributed by atoms with E-state index in [2.05, 4.69) is 20.5 Å². The van der Waals surface area contributed by atoms with Crippen molar-refractivity contribution in [3.8, 4) is 0 Å². The number of imidazole rings is 1. The number of nitrogens with zero attached hydrogens (tertiary/aromatic N) is 2. The van der Waals surface area contributed by atoms with Gasteiger partial charge in [0.05, 0.1) is 17.6 Å². The van der Waals surface area contributed by atoms with Crippen molar-refractivity contribution in [3.63, 3.8) is 0 Å². The maximum absolute atomic E-state index is 12.5. The van der Waals surface area contributed by atoms with E-state index in [9.17, 15) is 9.59 Å². The third kappa shape index (κ3) is 4.81. The molecule has 1 atom stereocenters. The van der Waals surface area contributed by atoms with E-state index >= 15 is 0 Å². The fourth-order valence-corrected chi connectivity index (χ4v) is 3.83. The molecule has 0 radical (unpaired) electrons. The fourth-order valence-electron chi connectivity index (χ4n) is 3.83. The van der Waals surface area contributed by atoms with Crippen molar-refractivity contribution in [1.29, 1.82) is 0 Å². The Kier molecular flexibility index (Phi) is 5.57. The average molecular weight is 391 g/mol. The number of piperidine rings is 1. The van der Waals surface area contributed by atoms with Gasteiger partial charge in [-0.25, -0.2) is 4.98 Å². The molecular weight excluding hydrogens is 366 g/mol. The summed E-state index contributed by atoms with van der Waals surface area (Å²) >= 11 is 0. The minimum atomic E-state index is -0.120. The maximum atomic E-state index is 12.5. The molecule has 3 aromatic rings. The van der Waals surface area contributed by atoms with Gasteiger partial charge in [0.2, 0.25) is 11.8 Å². The molecule has 7 heteroatoms. The topological polar surface area (TPSA) is 90.1 Å². The number of carbonyl (C=O) groups excluding carboxylic acids is 2. The molecule has 0 saturated carbocycles. The Balaban J connectivity index is 1.34. The van der Waals surface area contributed by atoms with E-state index in [-0.39, 0.29) is 11.8 Å². The number of benzene rings is 2. The predicted octanol–water partition coefficient (Wildman–Crippen LogP) is 3.34. The first-order valence-electron chi connectivity index (χ1n) is 9.91. The second kappa shape index (κ2) is 8.45. The highest BCUT2D eigenvalue weighted by Gasteiger charge is 2.25. The highest BCUT2D eigenvalue weighted by molar-refractivity contribution is 5.93. The minimum absolute atomic E-state index is 0.0393. The molecule has 1 unspecified atom stereocenters. The molecule has 0 bridgehead atoms. The summed E-state index contributed by atoms with van der Waals surface area (Å²) in [6.07, 6.45) is 2.11. The van der Waals surface area contributed by atoms with Gasteiger partial charge in [0.1, 0.15) is 5.82 Å². The van der Waals surface area contributed by atoms with E-state index in [4.69, 9.17) is 4.98 Å². The third-order valence-corrected chi connectivity index (χ3v) is 5.16. The van der Waals surface area contributed by atoms with Gasteiger partial charge in [0.25, 0.3) is 0 Å². The highest BCUT2D eigenvalue weighted by atomic mass is 16.2. The number of aromatic amines is 1. The molecule has 4 rings (SSSR count). The number of amides is 2. The zero-order chi connectivity index (χ0) is 20.2. The fraction of sp³-hybridized carbons (Fsp3) is 0.318. The van der Waals surface area contributed by atoms with Crippen LogP contribution in [0.3, 0.4) is 0 Å². The molecule has 2 heterocycles. The maximum Gasteiger partial charge on any atom is 0.238 e. The predicted molar refractivity (Wildman–Crippen MR) is 114 cm³/mol. The molecule has 2 amide bonds. The number of hydrogen-bond acceptors (Lipinski definition) is 4. The van der Waals surface area contributed by atoms with Crippen LogP contribution >= 0.6 is 0 Å². The Bertz CT molecular complexity index is 978.